The monoisotopic (exact) mass is 263 g/mol. The summed E-state index contributed by atoms with van der Waals surface area (Å²) in [5, 5.41) is 10.3. The van der Waals surface area contributed by atoms with Crippen molar-refractivity contribution in [3.05, 3.63) is 23.2 Å². The second kappa shape index (κ2) is 4.22. The van der Waals surface area contributed by atoms with E-state index in [1.165, 1.54) is 11.3 Å². The first-order chi connectivity index (χ1) is 8.66. The Morgan fingerprint density at radius 3 is 3.11 bits per heavy atom. The summed E-state index contributed by atoms with van der Waals surface area (Å²) < 4.78 is 0. The zero-order valence-corrected chi connectivity index (χ0v) is 10.5. The highest BCUT2D eigenvalue weighted by molar-refractivity contribution is 7.21. The van der Waals surface area contributed by atoms with Gasteiger partial charge in [-0.15, -0.1) is 11.3 Å². The van der Waals surface area contributed by atoms with Gasteiger partial charge < -0.3 is 15.7 Å². The highest BCUT2D eigenvalue weighted by atomic mass is 32.1. The number of pyridine rings is 1. The van der Waals surface area contributed by atoms with E-state index < -0.39 is 6.10 Å². The lowest BCUT2D eigenvalue weighted by molar-refractivity contribution is 0.0770. The van der Waals surface area contributed by atoms with Crippen molar-refractivity contribution in [2.45, 2.75) is 12.5 Å². The third-order valence-corrected chi connectivity index (χ3v) is 4.27. The molecule has 0 spiro atoms. The predicted octanol–water partition coefficient (Wildman–Crippen LogP) is 1.09. The van der Waals surface area contributed by atoms with E-state index in [-0.39, 0.29) is 5.91 Å². The molecule has 1 saturated heterocycles. The number of anilines is 1. The number of nitrogens with zero attached hydrogens (tertiary/aromatic N) is 2. The number of aliphatic hydroxyl groups excluding tert-OH is 1. The van der Waals surface area contributed by atoms with Crippen molar-refractivity contribution >= 4 is 33.1 Å². The van der Waals surface area contributed by atoms with E-state index >= 15 is 0 Å². The van der Waals surface area contributed by atoms with Crippen LogP contribution in [0.5, 0.6) is 0 Å². The van der Waals surface area contributed by atoms with Gasteiger partial charge in [0.05, 0.1) is 11.8 Å². The first kappa shape index (κ1) is 11.4. The number of amides is 1. The third kappa shape index (κ3) is 1.74. The minimum absolute atomic E-state index is 0.105. The smallest absolute Gasteiger partial charge is 0.266 e. The van der Waals surface area contributed by atoms with Gasteiger partial charge in [0.1, 0.15) is 9.71 Å². The van der Waals surface area contributed by atoms with E-state index in [0.29, 0.717) is 30.1 Å². The number of aromatic nitrogens is 1. The normalized spacial score (nSPS) is 19.6. The first-order valence-electron chi connectivity index (χ1n) is 5.77. The number of hydrogen-bond donors (Lipinski definition) is 2. The van der Waals surface area contributed by atoms with Gasteiger partial charge in [-0.3, -0.25) is 4.79 Å². The van der Waals surface area contributed by atoms with Gasteiger partial charge in [0.2, 0.25) is 0 Å². The fourth-order valence-corrected chi connectivity index (χ4v) is 3.21. The topological polar surface area (TPSA) is 79.5 Å². The van der Waals surface area contributed by atoms with Crippen LogP contribution in [0, 0.1) is 0 Å². The SMILES string of the molecule is Nc1c(C(=O)N2CCC(O)C2)sc2ncccc12. The van der Waals surface area contributed by atoms with E-state index in [0.717, 1.165) is 10.2 Å². The van der Waals surface area contributed by atoms with Crippen LogP contribution in [-0.4, -0.2) is 40.1 Å². The van der Waals surface area contributed by atoms with Crippen LogP contribution < -0.4 is 5.73 Å². The Morgan fingerprint density at radius 1 is 1.61 bits per heavy atom. The summed E-state index contributed by atoms with van der Waals surface area (Å²) in [7, 11) is 0. The van der Waals surface area contributed by atoms with Crippen LogP contribution in [0.3, 0.4) is 0 Å². The van der Waals surface area contributed by atoms with Crippen molar-refractivity contribution in [2.75, 3.05) is 18.8 Å². The molecule has 2 aromatic heterocycles. The molecule has 5 nitrogen and oxygen atoms in total. The fourth-order valence-electron chi connectivity index (χ4n) is 2.18. The molecule has 94 valence electrons. The molecular weight excluding hydrogens is 250 g/mol. The molecule has 0 aromatic carbocycles. The van der Waals surface area contributed by atoms with Crippen molar-refractivity contribution < 1.29 is 9.90 Å². The Bertz CT molecular complexity index is 610. The van der Waals surface area contributed by atoms with Crippen LogP contribution in [-0.2, 0) is 0 Å². The zero-order valence-electron chi connectivity index (χ0n) is 9.67. The molecule has 1 unspecified atom stereocenters. The summed E-state index contributed by atoms with van der Waals surface area (Å²) in [5.41, 5.74) is 6.50. The number of carbonyl (C=O) groups is 1. The molecule has 18 heavy (non-hydrogen) atoms. The summed E-state index contributed by atoms with van der Waals surface area (Å²) in [6.07, 6.45) is 1.91. The van der Waals surface area contributed by atoms with Gasteiger partial charge in [-0.1, -0.05) is 0 Å². The molecule has 1 atom stereocenters. The lowest BCUT2D eigenvalue weighted by Gasteiger charge is -2.14. The molecule has 0 radical (unpaired) electrons. The van der Waals surface area contributed by atoms with Crippen LogP contribution in [0.2, 0.25) is 0 Å². The summed E-state index contributed by atoms with van der Waals surface area (Å²) in [4.78, 5) is 19.5. The Labute approximate surface area is 108 Å². The molecule has 1 aliphatic heterocycles. The Balaban J connectivity index is 1.99. The summed E-state index contributed by atoms with van der Waals surface area (Å²) in [6, 6.07) is 3.67. The molecule has 1 amide bonds. The van der Waals surface area contributed by atoms with Gasteiger partial charge in [-0.05, 0) is 18.6 Å². The van der Waals surface area contributed by atoms with Crippen LogP contribution in [0.25, 0.3) is 10.2 Å². The van der Waals surface area contributed by atoms with E-state index in [1.807, 2.05) is 6.07 Å². The van der Waals surface area contributed by atoms with Crippen molar-refractivity contribution in [1.82, 2.24) is 9.88 Å². The maximum Gasteiger partial charge on any atom is 0.266 e. The van der Waals surface area contributed by atoms with Crippen molar-refractivity contribution in [3.63, 3.8) is 0 Å². The molecule has 2 aromatic rings. The van der Waals surface area contributed by atoms with Crippen LogP contribution in [0.1, 0.15) is 16.1 Å². The average molecular weight is 263 g/mol. The number of rotatable bonds is 1. The number of β-amino-alcohol motifs (C(OH)–C–C–N with tert-alkyl or cyclic N) is 1. The molecule has 1 fully saturated rings. The number of carbonyl (C=O) groups excluding carboxylic acids is 1. The Morgan fingerprint density at radius 2 is 2.44 bits per heavy atom. The zero-order chi connectivity index (χ0) is 12.7. The van der Waals surface area contributed by atoms with Gasteiger partial charge in [-0.2, -0.15) is 0 Å². The van der Waals surface area contributed by atoms with E-state index in [9.17, 15) is 9.90 Å². The number of aliphatic hydroxyl groups is 1. The molecule has 0 bridgehead atoms. The molecule has 0 saturated carbocycles. The first-order valence-corrected chi connectivity index (χ1v) is 6.59. The van der Waals surface area contributed by atoms with Gasteiger partial charge in [0, 0.05) is 24.7 Å². The van der Waals surface area contributed by atoms with E-state index in [1.54, 1.807) is 17.2 Å². The number of thiophene rings is 1. The second-order valence-corrected chi connectivity index (χ2v) is 5.39. The molecule has 6 heteroatoms. The van der Waals surface area contributed by atoms with E-state index in [2.05, 4.69) is 4.98 Å². The Hall–Kier alpha value is -1.66. The highest BCUT2D eigenvalue weighted by Crippen LogP contribution is 2.33. The predicted molar refractivity (Wildman–Crippen MR) is 70.6 cm³/mol. The molecular formula is C12H13N3O2S. The van der Waals surface area contributed by atoms with Gasteiger partial charge in [0.15, 0.2) is 0 Å². The minimum Gasteiger partial charge on any atom is -0.397 e. The number of likely N-dealkylation sites (tertiary alicyclic amines) is 1. The lowest BCUT2D eigenvalue weighted by atomic mass is 10.2. The van der Waals surface area contributed by atoms with Gasteiger partial charge in [0.25, 0.3) is 5.91 Å². The van der Waals surface area contributed by atoms with Crippen molar-refractivity contribution in [2.24, 2.45) is 0 Å². The van der Waals surface area contributed by atoms with Crippen LogP contribution in [0.4, 0.5) is 5.69 Å². The molecule has 3 rings (SSSR count). The highest BCUT2D eigenvalue weighted by Gasteiger charge is 2.28. The maximum absolute atomic E-state index is 12.3. The maximum atomic E-state index is 12.3. The molecule has 1 aliphatic rings. The number of fused-ring (bicyclic) bond motifs is 1. The van der Waals surface area contributed by atoms with Crippen molar-refractivity contribution in [1.29, 1.82) is 0 Å². The average Bonchev–Trinajstić information content (AvgIpc) is 2.94. The molecule has 0 aliphatic carbocycles. The number of nitrogens with two attached hydrogens (primary N) is 1. The summed E-state index contributed by atoms with van der Waals surface area (Å²) >= 11 is 1.31. The summed E-state index contributed by atoms with van der Waals surface area (Å²) in [6.45, 7) is 0.973. The minimum atomic E-state index is -0.414. The van der Waals surface area contributed by atoms with Crippen LogP contribution in [0.15, 0.2) is 18.3 Å². The molecule has 3 heterocycles. The standard InChI is InChI=1S/C12H13N3O2S/c13-9-8-2-1-4-14-11(8)18-10(9)12(17)15-5-3-7(16)6-15/h1-2,4,7,16H,3,5-6,13H2. The Kier molecular flexibility index (Phi) is 2.68. The largest absolute Gasteiger partial charge is 0.397 e. The third-order valence-electron chi connectivity index (χ3n) is 3.15. The fraction of sp³-hybridized carbons (Fsp3) is 0.333. The van der Waals surface area contributed by atoms with Gasteiger partial charge in [-0.25, -0.2) is 4.98 Å². The van der Waals surface area contributed by atoms with Crippen molar-refractivity contribution in [3.8, 4) is 0 Å². The summed E-state index contributed by atoms with van der Waals surface area (Å²) in [5.74, 6) is -0.105. The second-order valence-electron chi connectivity index (χ2n) is 4.39. The number of nitrogen functional groups attached to an aromatic ring is 1. The molecule has 3 N–H and O–H groups in total. The quantitative estimate of drug-likeness (QED) is 0.807. The number of hydrogen-bond acceptors (Lipinski definition) is 5. The van der Waals surface area contributed by atoms with Gasteiger partial charge >= 0.3 is 0 Å². The van der Waals surface area contributed by atoms with Crippen LogP contribution >= 0.6 is 11.3 Å². The lowest BCUT2D eigenvalue weighted by Crippen LogP contribution is -2.29. The van der Waals surface area contributed by atoms with E-state index in [4.69, 9.17) is 5.73 Å².